The number of nitrogens with one attached hydrogen (secondary N) is 3. The summed E-state index contributed by atoms with van der Waals surface area (Å²) >= 11 is 0. The van der Waals surface area contributed by atoms with E-state index in [2.05, 4.69) is 15.4 Å². The molecule has 0 unspecified atom stereocenters. The third-order valence-corrected chi connectivity index (χ3v) is 9.00. The first-order valence-electron chi connectivity index (χ1n) is 13.3. The minimum Gasteiger partial charge on any atom is -0.378 e. The van der Waals surface area contributed by atoms with Crippen molar-refractivity contribution in [3.63, 3.8) is 0 Å². The second kappa shape index (κ2) is 13.5. The molecule has 230 valence electrons. The van der Waals surface area contributed by atoms with Gasteiger partial charge in [0.2, 0.25) is 5.91 Å². The monoisotopic (exact) mass is 644 g/mol. The van der Waals surface area contributed by atoms with Gasteiger partial charge in [-0.2, -0.15) is 13.7 Å². The Bertz CT molecular complexity index is 2030. The van der Waals surface area contributed by atoms with Crippen LogP contribution in [0.5, 0.6) is 5.75 Å². The van der Waals surface area contributed by atoms with Gasteiger partial charge in [0.1, 0.15) is 22.3 Å². The normalized spacial score (nSPS) is 11.6. The molecule has 4 aromatic carbocycles. The number of carbonyl (C=O) groups is 2. The molecule has 0 aliphatic heterocycles. The second-order valence-electron chi connectivity index (χ2n) is 9.80. The fourth-order valence-electron chi connectivity index (χ4n) is 4.14. The van der Waals surface area contributed by atoms with E-state index in [9.17, 15) is 31.7 Å². The molecule has 4 aromatic rings. The van der Waals surface area contributed by atoms with Crippen molar-refractivity contribution in [3.05, 3.63) is 113 Å². The van der Waals surface area contributed by atoms with Crippen LogP contribution in [-0.4, -0.2) is 28.6 Å². The van der Waals surface area contributed by atoms with E-state index in [1.807, 2.05) is 6.07 Å². The Kier molecular flexibility index (Phi) is 9.71. The maximum absolute atomic E-state index is 13.0. The first-order chi connectivity index (χ1) is 21.3. The van der Waals surface area contributed by atoms with Crippen molar-refractivity contribution in [2.75, 3.05) is 15.4 Å². The highest BCUT2D eigenvalue weighted by atomic mass is 32.2. The van der Waals surface area contributed by atoms with E-state index < -0.39 is 26.0 Å². The summed E-state index contributed by atoms with van der Waals surface area (Å²) in [6, 6.07) is 23.9. The predicted octanol–water partition coefficient (Wildman–Crippen LogP) is 5.38. The molecule has 0 aromatic heterocycles. The standard InChI is InChI=1S/C32H28N4O7S2/c1-21-7-6-8-22(2)31(21)36-44(39,40)28-15-11-27(12-16-28)35-32(38)25(20-33)19-24-9-4-5-10-30(24)43-45(41,42)29-17-13-26(14-18-29)34-23(3)37/h4-19,36H,1-3H3,(H,34,37)(H,35,38)/b25-19+. The van der Waals surface area contributed by atoms with Gasteiger partial charge in [-0.05, 0) is 85.6 Å². The molecule has 0 bridgehead atoms. The lowest BCUT2D eigenvalue weighted by Crippen LogP contribution is -2.16. The average Bonchev–Trinajstić information content (AvgIpc) is 2.98. The van der Waals surface area contributed by atoms with Crippen LogP contribution >= 0.6 is 0 Å². The summed E-state index contributed by atoms with van der Waals surface area (Å²) in [7, 11) is -8.23. The van der Waals surface area contributed by atoms with Gasteiger partial charge >= 0.3 is 10.1 Å². The minimum absolute atomic E-state index is 0.0313. The fraction of sp³-hybridized carbons (Fsp3) is 0.0938. The first-order valence-corrected chi connectivity index (χ1v) is 16.2. The molecule has 0 radical (unpaired) electrons. The molecule has 0 saturated carbocycles. The number of nitrogens with zero attached hydrogens (tertiary/aromatic N) is 1. The maximum atomic E-state index is 13.0. The second-order valence-corrected chi connectivity index (χ2v) is 13.0. The molecular weight excluding hydrogens is 617 g/mol. The van der Waals surface area contributed by atoms with E-state index in [0.29, 0.717) is 11.4 Å². The van der Waals surface area contributed by atoms with Crippen molar-refractivity contribution in [2.45, 2.75) is 30.6 Å². The van der Waals surface area contributed by atoms with E-state index >= 15 is 0 Å². The van der Waals surface area contributed by atoms with Gasteiger partial charge in [-0.15, -0.1) is 0 Å². The molecule has 2 amide bonds. The summed E-state index contributed by atoms with van der Waals surface area (Å²) < 4.78 is 59.7. The van der Waals surface area contributed by atoms with Gasteiger partial charge in [-0.25, -0.2) is 8.42 Å². The highest BCUT2D eigenvalue weighted by Crippen LogP contribution is 2.27. The van der Waals surface area contributed by atoms with Crippen molar-refractivity contribution in [2.24, 2.45) is 0 Å². The third kappa shape index (κ3) is 8.14. The van der Waals surface area contributed by atoms with Crippen LogP contribution in [0, 0.1) is 25.2 Å². The van der Waals surface area contributed by atoms with Crippen LogP contribution in [0.4, 0.5) is 17.1 Å². The molecule has 13 heteroatoms. The Labute approximate surface area is 261 Å². The zero-order chi connectivity index (χ0) is 32.8. The Hall–Kier alpha value is -5.45. The molecule has 0 aliphatic carbocycles. The highest BCUT2D eigenvalue weighted by Gasteiger charge is 2.20. The van der Waals surface area contributed by atoms with Crippen LogP contribution in [0.15, 0.2) is 106 Å². The van der Waals surface area contributed by atoms with E-state index in [1.54, 1.807) is 38.1 Å². The number of amides is 2. The Balaban J connectivity index is 1.50. The quantitative estimate of drug-likeness (QED) is 0.117. The summed E-state index contributed by atoms with van der Waals surface area (Å²) in [5.41, 5.74) is 2.41. The third-order valence-electron chi connectivity index (χ3n) is 6.39. The van der Waals surface area contributed by atoms with E-state index in [-0.39, 0.29) is 38.3 Å². The zero-order valence-corrected chi connectivity index (χ0v) is 26.0. The summed E-state index contributed by atoms with van der Waals surface area (Å²) in [5, 5.41) is 14.8. The fourth-order valence-corrected chi connectivity index (χ4v) is 6.30. The number of hydrogen-bond acceptors (Lipinski definition) is 8. The van der Waals surface area contributed by atoms with Gasteiger partial charge in [0.15, 0.2) is 0 Å². The van der Waals surface area contributed by atoms with Crippen LogP contribution < -0.4 is 19.5 Å². The van der Waals surface area contributed by atoms with Crippen LogP contribution in [0.1, 0.15) is 23.6 Å². The van der Waals surface area contributed by atoms with Crippen molar-refractivity contribution in [1.82, 2.24) is 0 Å². The largest absolute Gasteiger partial charge is 0.378 e. The van der Waals surface area contributed by atoms with E-state index in [0.717, 1.165) is 11.1 Å². The van der Waals surface area contributed by atoms with Gasteiger partial charge in [-0.1, -0.05) is 36.4 Å². The van der Waals surface area contributed by atoms with Gasteiger partial charge in [-0.3, -0.25) is 14.3 Å². The van der Waals surface area contributed by atoms with Crippen molar-refractivity contribution in [1.29, 1.82) is 5.26 Å². The molecule has 0 saturated heterocycles. The molecule has 0 aliphatic rings. The molecule has 0 spiro atoms. The summed E-state index contributed by atoms with van der Waals surface area (Å²) in [4.78, 5) is 24.0. The van der Waals surface area contributed by atoms with Crippen LogP contribution in [-0.2, 0) is 29.7 Å². The molecule has 3 N–H and O–H groups in total. The number of anilines is 3. The molecule has 0 fully saturated rings. The molecule has 0 atom stereocenters. The number of carbonyl (C=O) groups excluding carboxylic acids is 2. The SMILES string of the molecule is CC(=O)Nc1ccc(S(=O)(=O)Oc2ccccc2/C=C(\C#N)C(=O)Nc2ccc(S(=O)(=O)Nc3c(C)cccc3C)cc2)cc1. The lowest BCUT2D eigenvalue weighted by atomic mass is 10.1. The van der Waals surface area contributed by atoms with Gasteiger partial charge in [0.05, 0.1) is 10.6 Å². The number of hydrogen-bond donors (Lipinski definition) is 3. The molecule has 45 heavy (non-hydrogen) atoms. The number of benzene rings is 4. The van der Waals surface area contributed by atoms with E-state index in [4.69, 9.17) is 4.18 Å². The lowest BCUT2D eigenvalue weighted by Gasteiger charge is -2.13. The molecule has 0 heterocycles. The van der Waals surface area contributed by atoms with Crippen LogP contribution in [0.25, 0.3) is 6.08 Å². The van der Waals surface area contributed by atoms with Crippen LogP contribution in [0.2, 0.25) is 0 Å². The number of nitriles is 1. The Morgan fingerprint density at radius 1 is 0.756 bits per heavy atom. The molecule has 4 rings (SSSR count). The average molecular weight is 645 g/mol. The number of para-hydroxylation sites is 2. The van der Waals surface area contributed by atoms with Gasteiger partial charge in [0.25, 0.3) is 15.9 Å². The smallest absolute Gasteiger partial charge is 0.339 e. The lowest BCUT2D eigenvalue weighted by molar-refractivity contribution is -0.114. The predicted molar refractivity (Wildman–Crippen MR) is 170 cm³/mol. The zero-order valence-electron chi connectivity index (χ0n) is 24.4. The number of sulfonamides is 1. The number of rotatable bonds is 10. The topological polar surface area (TPSA) is 172 Å². The molecule has 11 nitrogen and oxygen atoms in total. The minimum atomic E-state index is -4.31. The van der Waals surface area contributed by atoms with Gasteiger partial charge < -0.3 is 14.8 Å². The Morgan fingerprint density at radius 3 is 1.89 bits per heavy atom. The maximum Gasteiger partial charge on any atom is 0.339 e. The Morgan fingerprint density at radius 2 is 1.31 bits per heavy atom. The van der Waals surface area contributed by atoms with Crippen LogP contribution in [0.3, 0.4) is 0 Å². The molecular formula is C32H28N4O7S2. The summed E-state index contributed by atoms with van der Waals surface area (Å²) in [5.74, 6) is -1.26. The van der Waals surface area contributed by atoms with Crippen molar-refractivity contribution >= 4 is 55.1 Å². The summed E-state index contributed by atoms with van der Waals surface area (Å²) in [6.45, 7) is 4.91. The van der Waals surface area contributed by atoms with Gasteiger partial charge in [0, 0.05) is 23.9 Å². The summed E-state index contributed by atoms with van der Waals surface area (Å²) in [6.07, 6.45) is 1.17. The first kappa shape index (κ1) is 32.5. The van der Waals surface area contributed by atoms with E-state index in [1.165, 1.54) is 79.7 Å². The van der Waals surface area contributed by atoms with Crippen molar-refractivity contribution in [3.8, 4) is 11.8 Å². The number of aryl methyl sites for hydroxylation is 2. The van der Waals surface area contributed by atoms with Crippen molar-refractivity contribution < 1.29 is 30.6 Å². The highest BCUT2D eigenvalue weighted by molar-refractivity contribution is 7.92.